The molecule has 7 nitrogen and oxygen atoms in total. The minimum Gasteiger partial charge on any atom is -0.494 e. The summed E-state index contributed by atoms with van der Waals surface area (Å²) < 4.78 is 5.33. The molecule has 0 atom stereocenters. The van der Waals surface area contributed by atoms with E-state index in [-0.39, 0.29) is 37.4 Å². The molecule has 0 radical (unpaired) electrons. The first-order valence-electron chi connectivity index (χ1n) is 7.59. The topological polar surface area (TPSA) is 79.0 Å². The second-order valence-corrected chi connectivity index (χ2v) is 5.29. The standard InChI is InChI=1S/C16H21N3O4/c1-3-23-13-8-6-12(7-9-13)17-14(20)5-4-10-19-15(21)11-18(2)16(19)22/h6-9H,3-5,10-11H2,1-2H3,(H,17,20). The van der Waals surface area contributed by atoms with Crippen LogP contribution in [0.25, 0.3) is 0 Å². The Morgan fingerprint density at radius 3 is 2.52 bits per heavy atom. The number of urea groups is 1. The van der Waals surface area contributed by atoms with Crippen molar-refractivity contribution in [2.45, 2.75) is 19.8 Å². The molecule has 0 saturated carbocycles. The Balaban J connectivity index is 1.75. The van der Waals surface area contributed by atoms with Crippen LogP contribution in [0.5, 0.6) is 5.75 Å². The van der Waals surface area contributed by atoms with Crippen LogP contribution < -0.4 is 10.1 Å². The number of nitrogens with one attached hydrogen (secondary N) is 1. The molecule has 1 N–H and O–H groups in total. The van der Waals surface area contributed by atoms with E-state index in [1.807, 2.05) is 6.92 Å². The molecule has 1 aromatic rings. The number of imide groups is 1. The summed E-state index contributed by atoms with van der Waals surface area (Å²) in [6.45, 7) is 2.87. The lowest BCUT2D eigenvalue weighted by Crippen LogP contribution is -2.32. The predicted molar refractivity (Wildman–Crippen MR) is 85.2 cm³/mol. The van der Waals surface area contributed by atoms with Gasteiger partial charge in [-0.05, 0) is 37.6 Å². The number of likely N-dealkylation sites (N-methyl/N-ethyl adjacent to an activating group) is 1. The van der Waals surface area contributed by atoms with Gasteiger partial charge in [-0.15, -0.1) is 0 Å². The lowest BCUT2D eigenvalue weighted by atomic mass is 10.2. The van der Waals surface area contributed by atoms with Crippen molar-refractivity contribution in [2.75, 3.05) is 32.1 Å². The van der Waals surface area contributed by atoms with Crippen LogP contribution in [0.2, 0.25) is 0 Å². The first-order chi connectivity index (χ1) is 11.0. The first-order valence-corrected chi connectivity index (χ1v) is 7.59. The Bertz CT molecular complexity index is 585. The van der Waals surface area contributed by atoms with Gasteiger partial charge in [0, 0.05) is 25.7 Å². The summed E-state index contributed by atoms with van der Waals surface area (Å²) in [5.74, 6) is 0.381. The van der Waals surface area contributed by atoms with Crippen molar-refractivity contribution in [1.82, 2.24) is 9.80 Å². The molecule has 4 amide bonds. The van der Waals surface area contributed by atoms with Crippen LogP contribution in [0.4, 0.5) is 10.5 Å². The number of anilines is 1. The average molecular weight is 319 g/mol. The Morgan fingerprint density at radius 1 is 1.26 bits per heavy atom. The summed E-state index contributed by atoms with van der Waals surface area (Å²) in [6, 6.07) is 6.81. The van der Waals surface area contributed by atoms with Gasteiger partial charge in [-0.3, -0.25) is 14.5 Å². The number of benzene rings is 1. The molecular formula is C16H21N3O4. The number of rotatable bonds is 7. The maximum Gasteiger partial charge on any atom is 0.326 e. The molecule has 124 valence electrons. The quantitative estimate of drug-likeness (QED) is 0.776. The molecule has 23 heavy (non-hydrogen) atoms. The van der Waals surface area contributed by atoms with E-state index in [9.17, 15) is 14.4 Å². The lowest BCUT2D eigenvalue weighted by molar-refractivity contribution is -0.125. The molecule has 1 saturated heterocycles. The van der Waals surface area contributed by atoms with Crippen molar-refractivity contribution in [3.63, 3.8) is 0 Å². The number of carbonyl (C=O) groups is 3. The zero-order valence-corrected chi connectivity index (χ0v) is 13.4. The fraction of sp³-hybridized carbons (Fsp3) is 0.438. The first kappa shape index (κ1) is 16.8. The molecule has 7 heteroatoms. The van der Waals surface area contributed by atoms with Crippen LogP contribution in [0.1, 0.15) is 19.8 Å². The molecule has 0 unspecified atom stereocenters. The second-order valence-electron chi connectivity index (χ2n) is 5.29. The number of ether oxygens (including phenoxy) is 1. The Morgan fingerprint density at radius 2 is 1.96 bits per heavy atom. The molecule has 1 aliphatic rings. The van der Waals surface area contributed by atoms with Crippen LogP contribution in [0, 0.1) is 0 Å². The molecular weight excluding hydrogens is 298 g/mol. The number of carbonyl (C=O) groups excluding carboxylic acids is 3. The van der Waals surface area contributed by atoms with E-state index >= 15 is 0 Å². The SMILES string of the molecule is CCOc1ccc(NC(=O)CCCN2C(=O)CN(C)C2=O)cc1. The highest BCUT2D eigenvalue weighted by molar-refractivity contribution is 6.01. The van der Waals surface area contributed by atoms with E-state index in [2.05, 4.69) is 5.32 Å². The highest BCUT2D eigenvalue weighted by Gasteiger charge is 2.32. The van der Waals surface area contributed by atoms with Crippen LogP contribution in [0.15, 0.2) is 24.3 Å². The van der Waals surface area contributed by atoms with Gasteiger partial charge in [0.1, 0.15) is 12.3 Å². The van der Waals surface area contributed by atoms with Crippen molar-refractivity contribution in [2.24, 2.45) is 0 Å². The third-order valence-electron chi connectivity index (χ3n) is 3.47. The van der Waals surface area contributed by atoms with Gasteiger partial charge in [-0.1, -0.05) is 0 Å². The van der Waals surface area contributed by atoms with Gasteiger partial charge >= 0.3 is 6.03 Å². The molecule has 0 bridgehead atoms. The van der Waals surface area contributed by atoms with E-state index in [1.165, 1.54) is 9.80 Å². The van der Waals surface area contributed by atoms with Crippen molar-refractivity contribution in [3.05, 3.63) is 24.3 Å². The molecule has 0 aromatic heterocycles. The highest BCUT2D eigenvalue weighted by atomic mass is 16.5. The van der Waals surface area contributed by atoms with E-state index in [0.717, 1.165) is 5.75 Å². The summed E-state index contributed by atoms with van der Waals surface area (Å²) in [4.78, 5) is 37.7. The molecule has 0 aliphatic carbocycles. The van der Waals surface area contributed by atoms with Gasteiger partial charge in [-0.2, -0.15) is 0 Å². The van der Waals surface area contributed by atoms with E-state index < -0.39 is 0 Å². The van der Waals surface area contributed by atoms with Gasteiger partial charge in [-0.25, -0.2) is 4.79 Å². The maximum absolute atomic E-state index is 11.9. The van der Waals surface area contributed by atoms with Crippen LogP contribution in [-0.2, 0) is 9.59 Å². The second kappa shape index (κ2) is 7.62. The molecule has 1 aromatic carbocycles. The minimum atomic E-state index is -0.304. The van der Waals surface area contributed by atoms with Crippen molar-refractivity contribution in [1.29, 1.82) is 0 Å². The van der Waals surface area contributed by atoms with Gasteiger partial charge in [0.15, 0.2) is 0 Å². The van der Waals surface area contributed by atoms with Gasteiger partial charge < -0.3 is 15.0 Å². The van der Waals surface area contributed by atoms with Crippen LogP contribution in [0.3, 0.4) is 0 Å². The Kier molecular flexibility index (Phi) is 5.56. The number of hydrogen-bond donors (Lipinski definition) is 1. The number of hydrogen-bond acceptors (Lipinski definition) is 4. The molecule has 2 rings (SSSR count). The fourth-order valence-electron chi connectivity index (χ4n) is 2.31. The summed E-state index contributed by atoms with van der Waals surface area (Å²) in [5.41, 5.74) is 0.687. The van der Waals surface area contributed by atoms with Gasteiger partial charge in [0.05, 0.1) is 6.61 Å². The monoisotopic (exact) mass is 319 g/mol. The minimum absolute atomic E-state index is 0.108. The number of amides is 4. The maximum atomic E-state index is 11.9. The average Bonchev–Trinajstić information content (AvgIpc) is 2.76. The van der Waals surface area contributed by atoms with Crippen LogP contribution in [-0.4, -0.2) is 54.4 Å². The van der Waals surface area contributed by atoms with Crippen molar-refractivity contribution >= 4 is 23.5 Å². The van der Waals surface area contributed by atoms with Crippen LogP contribution >= 0.6 is 0 Å². The van der Waals surface area contributed by atoms with E-state index in [4.69, 9.17) is 4.74 Å². The third kappa shape index (κ3) is 4.45. The summed E-state index contributed by atoms with van der Waals surface area (Å²) in [5, 5.41) is 2.77. The molecule has 0 spiro atoms. The summed E-state index contributed by atoms with van der Waals surface area (Å²) >= 11 is 0. The predicted octanol–water partition coefficient (Wildman–Crippen LogP) is 1.70. The zero-order valence-electron chi connectivity index (χ0n) is 13.4. The van der Waals surface area contributed by atoms with E-state index in [1.54, 1.807) is 31.3 Å². The smallest absolute Gasteiger partial charge is 0.326 e. The molecule has 1 aliphatic heterocycles. The lowest BCUT2D eigenvalue weighted by Gasteiger charge is -2.13. The largest absolute Gasteiger partial charge is 0.494 e. The third-order valence-corrected chi connectivity index (χ3v) is 3.47. The van der Waals surface area contributed by atoms with Crippen molar-refractivity contribution in [3.8, 4) is 5.75 Å². The summed E-state index contributed by atoms with van der Waals surface area (Å²) in [7, 11) is 1.58. The molecule has 1 heterocycles. The highest BCUT2D eigenvalue weighted by Crippen LogP contribution is 2.16. The van der Waals surface area contributed by atoms with Gasteiger partial charge in [0.25, 0.3) is 0 Å². The molecule has 1 fully saturated rings. The number of nitrogens with zero attached hydrogens (tertiary/aromatic N) is 2. The Labute approximate surface area is 135 Å². The normalized spacial score (nSPS) is 14.3. The Hall–Kier alpha value is -2.57. The fourth-order valence-corrected chi connectivity index (χ4v) is 2.31. The summed E-state index contributed by atoms with van der Waals surface area (Å²) in [6.07, 6.45) is 0.683. The van der Waals surface area contributed by atoms with E-state index in [0.29, 0.717) is 18.7 Å². The van der Waals surface area contributed by atoms with Crippen molar-refractivity contribution < 1.29 is 19.1 Å². The van der Waals surface area contributed by atoms with Gasteiger partial charge in [0.2, 0.25) is 11.8 Å². The zero-order chi connectivity index (χ0) is 16.8.